The Labute approximate surface area is 125 Å². The van der Waals surface area contributed by atoms with Crippen molar-refractivity contribution < 1.29 is 14.7 Å². The average Bonchev–Trinajstić information content (AvgIpc) is 2.43. The van der Waals surface area contributed by atoms with E-state index < -0.39 is 5.78 Å². The predicted molar refractivity (Wildman–Crippen MR) is 82.7 cm³/mol. The summed E-state index contributed by atoms with van der Waals surface area (Å²) in [6.07, 6.45) is 3.29. The van der Waals surface area contributed by atoms with E-state index in [9.17, 15) is 14.7 Å². The molecule has 0 saturated carbocycles. The van der Waals surface area contributed by atoms with Gasteiger partial charge < -0.3 is 5.11 Å². The molecule has 1 N–H and O–H groups in total. The summed E-state index contributed by atoms with van der Waals surface area (Å²) in [6.45, 7) is 6.53. The molecule has 1 aromatic carbocycles. The molecule has 112 valence electrons. The highest BCUT2D eigenvalue weighted by molar-refractivity contribution is 6.25. The van der Waals surface area contributed by atoms with E-state index in [0.29, 0.717) is 17.5 Å². The third kappa shape index (κ3) is 3.41. The summed E-state index contributed by atoms with van der Waals surface area (Å²) in [4.78, 5) is 24.5. The minimum absolute atomic E-state index is 0.210. The molecule has 0 radical (unpaired) electrons. The molecule has 0 heterocycles. The number of rotatable bonds is 4. The number of hydrogen-bond donors (Lipinski definition) is 1. The number of aliphatic hydroxyl groups is 1. The number of benzene rings is 1. The van der Waals surface area contributed by atoms with Crippen molar-refractivity contribution in [1.29, 1.82) is 0 Å². The number of hydrogen-bond acceptors (Lipinski definition) is 3. The van der Waals surface area contributed by atoms with E-state index in [4.69, 9.17) is 0 Å². The van der Waals surface area contributed by atoms with Crippen molar-refractivity contribution in [3.8, 4) is 0 Å². The maximum Gasteiger partial charge on any atom is 0.228 e. The van der Waals surface area contributed by atoms with Crippen LogP contribution >= 0.6 is 0 Å². The van der Waals surface area contributed by atoms with Gasteiger partial charge in [0.1, 0.15) is 0 Å². The summed E-state index contributed by atoms with van der Waals surface area (Å²) in [6, 6.07) is 6.68. The van der Waals surface area contributed by atoms with Crippen LogP contribution in [0.15, 0.2) is 35.6 Å². The first-order valence-corrected chi connectivity index (χ1v) is 7.42. The van der Waals surface area contributed by atoms with Crippen molar-refractivity contribution in [3.05, 3.63) is 46.7 Å². The van der Waals surface area contributed by atoms with Crippen molar-refractivity contribution in [2.75, 3.05) is 0 Å². The van der Waals surface area contributed by atoms with Crippen molar-refractivity contribution in [3.63, 3.8) is 0 Å². The molecule has 0 bridgehead atoms. The van der Waals surface area contributed by atoms with Gasteiger partial charge in [-0.25, -0.2) is 0 Å². The fourth-order valence-corrected chi connectivity index (χ4v) is 2.60. The molecule has 0 aromatic heterocycles. The zero-order valence-corrected chi connectivity index (χ0v) is 12.9. The van der Waals surface area contributed by atoms with Crippen LogP contribution < -0.4 is 0 Å². The predicted octanol–water partition coefficient (Wildman–Crippen LogP) is 4.48. The Morgan fingerprint density at radius 2 is 1.52 bits per heavy atom. The molecule has 0 spiro atoms. The number of Topliss-reactive ketones (excluding diaryl/α,β-unsaturated/α-hetero) is 2. The summed E-state index contributed by atoms with van der Waals surface area (Å²) in [5.41, 5.74) is 1.24. The summed E-state index contributed by atoms with van der Waals surface area (Å²) >= 11 is 0. The maximum absolute atomic E-state index is 12.4. The van der Waals surface area contributed by atoms with Gasteiger partial charge in [-0.3, -0.25) is 9.59 Å². The van der Waals surface area contributed by atoms with E-state index >= 15 is 0 Å². The van der Waals surface area contributed by atoms with Crippen molar-refractivity contribution in [2.24, 2.45) is 5.41 Å². The van der Waals surface area contributed by atoms with Crippen LogP contribution in [0.5, 0.6) is 0 Å². The lowest BCUT2D eigenvalue weighted by atomic mass is 9.84. The SMILES string of the molecule is CC(C)(C)CCCCC1=C(O)C(=O)c2ccccc2C1=O. The third-order valence-electron chi connectivity index (χ3n) is 3.79. The van der Waals surface area contributed by atoms with Crippen LogP contribution in [0.25, 0.3) is 0 Å². The lowest BCUT2D eigenvalue weighted by molar-refractivity contribution is 0.0925. The van der Waals surface area contributed by atoms with E-state index in [-0.39, 0.29) is 22.5 Å². The molecule has 21 heavy (non-hydrogen) atoms. The molecule has 3 nitrogen and oxygen atoms in total. The second-order valence-electron chi connectivity index (χ2n) is 6.80. The summed E-state index contributed by atoms with van der Waals surface area (Å²) in [5.74, 6) is -1.01. The van der Waals surface area contributed by atoms with E-state index in [0.717, 1.165) is 19.3 Å². The van der Waals surface area contributed by atoms with Gasteiger partial charge in [-0.2, -0.15) is 0 Å². The Morgan fingerprint density at radius 1 is 0.952 bits per heavy atom. The lowest BCUT2D eigenvalue weighted by Crippen LogP contribution is -2.22. The highest BCUT2D eigenvalue weighted by atomic mass is 16.3. The molecule has 0 amide bonds. The lowest BCUT2D eigenvalue weighted by Gasteiger charge is -2.19. The molecular formula is C18H22O3. The number of aliphatic hydroxyl groups excluding tert-OH is 1. The quantitative estimate of drug-likeness (QED) is 0.830. The van der Waals surface area contributed by atoms with Gasteiger partial charge in [-0.1, -0.05) is 51.5 Å². The second kappa shape index (κ2) is 5.84. The smallest absolute Gasteiger partial charge is 0.228 e. The van der Waals surface area contributed by atoms with Crippen LogP contribution in [0.2, 0.25) is 0 Å². The summed E-state index contributed by atoms with van der Waals surface area (Å²) in [5, 5.41) is 10.0. The van der Waals surface area contributed by atoms with Crippen molar-refractivity contribution >= 4 is 11.6 Å². The summed E-state index contributed by atoms with van der Waals surface area (Å²) in [7, 11) is 0. The minimum atomic E-state index is -0.434. The molecule has 1 aliphatic rings. The number of fused-ring (bicyclic) bond motifs is 1. The monoisotopic (exact) mass is 286 g/mol. The standard InChI is InChI=1S/C18H22O3/c1-18(2,3)11-7-6-10-14-15(19)12-8-4-5-9-13(12)16(20)17(14)21/h4-5,8-9,21H,6-7,10-11H2,1-3H3. The number of allylic oxidation sites excluding steroid dienone is 2. The maximum atomic E-state index is 12.4. The van der Waals surface area contributed by atoms with Gasteiger partial charge in [0.2, 0.25) is 5.78 Å². The topological polar surface area (TPSA) is 54.4 Å². The molecule has 1 aromatic rings. The highest BCUT2D eigenvalue weighted by Crippen LogP contribution is 2.29. The molecule has 2 rings (SSSR count). The molecule has 3 heteroatoms. The molecule has 0 fully saturated rings. The number of ketones is 2. The van der Waals surface area contributed by atoms with Crippen molar-refractivity contribution in [2.45, 2.75) is 46.5 Å². The van der Waals surface area contributed by atoms with E-state index in [2.05, 4.69) is 20.8 Å². The van der Waals surface area contributed by atoms with Crippen LogP contribution in [0, 0.1) is 5.41 Å². The molecule has 0 aliphatic heterocycles. The Morgan fingerprint density at radius 3 is 2.10 bits per heavy atom. The Bertz CT molecular complexity index is 603. The van der Waals surface area contributed by atoms with Gasteiger partial charge in [0.15, 0.2) is 11.5 Å². The zero-order chi connectivity index (χ0) is 15.6. The first-order valence-electron chi connectivity index (χ1n) is 7.42. The van der Waals surface area contributed by atoms with Crippen LogP contribution in [-0.2, 0) is 0 Å². The van der Waals surface area contributed by atoms with Gasteiger partial charge >= 0.3 is 0 Å². The highest BCUT2D eigenvalue weighted by Gasteiger charge is 2.31. The van der Waals surface area contributed by atoms with Gasteiger partial charge in [-0.15, -0.1) is 0 Å². The van der Waals surface area contributed by atoms with Crippen LogP contribution in [-0.4, -0.2) is 16.7 Å². The molecular weight excluding hydrogens is 264 g/mol. The fourth-order valence-electron chi connectivity index (χ4n) is 2.60. The summed E-state index contributed by atoms with van der Waals surface area (Å²) < 4.78 is 0. The van der Waals surface area contributed by atoms with Crippen molar-refractivity contribution in [1.82, 2.24) is 0 Å². The number of carbonyl (C=O) groups is 2. The third-order valence-corrected chi connectivity index (χ3v) is 3.79. The Balaban J connectivity index is 2.12. The molecule has 0 saturated heterocycles. The Kier molecular flexibility index (Phi) is 4.31. The average molecular weight is 286 g/mol. The van der Waals surface area contributed by atoms with Crippen LogP contribution in [0.1, 0.15) is 67.2 Å². The first kappa shape index (κ1) is 15.5. The van der Waals surface area contributed by atoms with Gasteiger partial charge in [-0.05, 0) is 24.7 Å². The number of carbonyl (C=O) groups excluding carboxylic acids is 2. The van der Waals surface area contributed by atoms with E-state index in [1.165, 1.54) is 0 Å². The second-order valence-corrected chi connectivity index (χ2v) is 6.80. The molecule has 0 unspecified atom stereocenters. The fraction of sp³-hybridized carbons (Fsp3) is 0.444. The van der Waals surface area contributed by atoms with E-state index in [1.807, 2.05) is 0 Å². The largest absolute Gasteiger partial charge is 0.504 e. The molecule has 0 atom stereocenters. The van der Waals surface area contributed by atoms with Crippen LogP contribution in [0.4, 0.5) is 0 Å². The number of unbranched alkanes of at least 4 members (excludes halogenated alkanes) is 1. The molecule has 1 aliphatic carbocycles. The van der Waals surface area contributed by atoms with Gasteiger partial charge in [0.05, 0.1) is 0 Å². The van der Waals surface area contributed by atoms with Gasteiger partial charge in [0, 0.05) is 16.7 Å². The normalized spacial score (nSPS) is 15.4. The van der Waals surface area contributed by atoms with Crippen LogP contribution in [0.3, 0.4) is 0 Å². The van der Waals surface area contributed by atoms with E-state index in [1.54, 1.807) is 24.3 Å². The minimum Gasteiger partial charge on any atom is -0.504 e. The zero-order valence-electron chi connectivity index (χ0n) is 12.9. The Hall–Kier alpha value is -1.90. The van der Waals surface area contributed by atoms with Gasteiger partial charge in [0.25, 0.3) is 0 Å². The first-order chi connectivity index (χ1) is 9.81.